The monoisotopic (exact) mass is 306 g/mol. The molecule has 0 spiro atoms. The lowest BCUT2D eigenvalue weighted by Gasteiger charge is -2.11. The molecule has 1 heterocycles. The fourth-order valence-corrected chi connectivity index (χ4v) is 1.53. The van der Waals surface area contributed by atoms with E-state index in [1.54, 1.807) is 12.1 Å². The molecule has 8 heteroatoms. The fourth-order valence-electron chi connectivity index (χ4n) is 1.53. The van der Waals surface area contributed by atoms with Crippen molar-refractivity contribution in [3.8, 4) is 11.8 Å². The number of anilines is 1. The van der Waals surface area contributed by atoms with E-state index in [-0.39, 0.29) is 18.8 Å². The first kappa shape index (κ1) is 17.2. The average Bonchev–Trinajstić information content (AvgIpc) is 2.49. The summed E-state index contributed by atoms with van der Waals surface area (Å²) >= 11 is 0. The third-order valence-electron chi connectivity index (χ3n) is 2.55. The number of carbonyl (C=O) groups is 2. The minimum Gasteiger partial charge on any atom is -0.490 e. The first-order valence-corrected chi connectivity index (χ1v) is 6.85. The maximum absolute atomic E-state index is 11.7. The molecule has 0 saturated carbocycles. The van der Waals surface area contributed by atoms with Crippen LogP contribution < -0.4 is 15.4 Å². The van der Waals surface area contributed by atoms with Crippen molar-refractivity contribution in [3.63, 3.8) is 0 Å². The lowest BCUT2D eigenvalue weighted by atomic mass is 10.3. The van der Waals surface area contributed by atoms with E-state index in [9.17, 15) is 9.59 Å². The van der Waals surface area contributed by atoms with Gasteiger partial charge < -0.3 is 15.2 Å². The van der Waals surface area contributed by atoms with Crippen LogP contribution >= 0.6 is 0 Å². The SMILES string of the molecule is N#CCCCOc1cccnc1NC(=O)NCCCC(=O)O. The number of ether oxygens (including phenoxy) is 1. The van der Waals surface area contributed by atoms with Crippen molar-refractivity contribution < 1.29 is 19.4 Å². The summed E-state index contributed by atoms with van der Waals surface area (Å²) in [7, 11) is 0. The van der Waals surface area contributed by atoms with Crippen molar-refractivity contribution in [2.45, 2.75) is 25.7 Å². The van der Waals surface area contributed by atoms with Gasteiger partial charge in [-0.15, -0.1) is 0 Å². The summed E-state index contributed by atoms with van der Waals surface area (Å²) in [6.07, 6.45) is 2.85. The summed E-state index contributed by atoms with van der Waals surface area (Å²) in [5, 5.41) is 22.0. The molecule has 0 aliphatic carbocycles. The van der Waals surface area contributed by atoms with Gasteiger partial charge in [-0.3, -0.25) is 10.1 Å². The average molecular weight is 306 g/mol. The molecular weight excluding hydrogens is 288 g/mol. The van der Waals surface area contributed by atoms with Gasteiger partial charge in [-0.05, 0) is 25.0 Å². The minimum atomic E-state index is -0.903. The summed E-state index contributed by atoms with van der Waals surface area (Å²) in [5.74, 6) is -0.212. The second-order valence-corrected chi connectivity index (χ2v) is 4.34. The van der Waals surface area contributed by atoms with E-state index in [0.29, 0.717) is 31.6 Å². The van der Waals surface area contributed by atoms with Crippen LogP contribution in [0.4, 0.5) is 10.6 Å². The molecule has 0 unspecified atom stereocenters. The lowest BCUT2D eigenvalue weighted by Crippen LogP contribution is -2.30. The van der Waals surface area contributed by atoms with Crippen LogP contribution in [0, 0.1) is 11.3 Å². The standard InChI is InChI=1S/C14H18N4O4/c15-7-1-2-10-22-11-5-3-8-16-13(11)18-14(21)17-9-4-6-12(19)20/h3,5,8H,1-2,4,6,9-10H2,(H,19,20)(H2,16,17,18,21). The van der Waals surface area contributed by atoms with Gasteiger partial charge in [0.1, 0.15) is 0 Å². The van der Waals surface area contributed by atoms with Crippen LogP contribution in [0.3, 0.4) is 0 Å². The largest absolute Gasteiger partial charge is 0.490 e. The van der Waals surface area contributed by atoms with E-state index in [1.807, 2.05) is 6.07 Å². The third-order valence-corrected chi connectivity index (χ3v) is 2.55. The first-order valence-electron chi connectivity index (χ1n) is 6.85. The summed E-state index contributed by atoms with van der Waals surface area (Å²) < 4.78 is 5.46. The highest BCUT2D eigenvalue weighted by Crippen LogP contribution is 2.20. The molecule has 0 fully saturated rings. The Kier molecular flexibility index (Phi) is 7.82. The van der Waals surface area contributed by atoms with E-state index < -0.39 is 12.0 Å². The molecule has 1 rings (SSSR count). The molecule has 0 aromatic carbocycles. The zero-order valence-electron chi connectivity index (χ0n) is 12.0. The highest BCUT2D eigenvalue weighted by molar-refractivity contribution is 5.89. The number of amides is 2. The number of nitrogens with one attached hydrogen (secondary N) is 2. The Labute approximate surface area is 128 Å². The fraction of sp³-hybridized carbons (Fsp3) is 0.429. The van der Waals surface area contributed by atoms with Gasteiger partial charge in [0.2, 0.25) is 0 Å². The molecule has 0 aliphatic heterocycles. The summed E-state index contributed by atoms with van der Waals surface area (Å²) in [6, 6.07) is 4.88. The van der Waals surface area contributed by atoms with Crippen LogP contribution in [0.1, 0.15) is 25.7 Å². The lowest BCUT2D eigenvalue weighted by molar-refractivity contribution is -0.137. The van der Waals surface area contributed by atoms with Gasteiger partial charge in [-0.25, -0.2) is 9.78 Å². The number of unbranched alkanes of at least 4 members (excludes halogenated alkanes) is 1. The number of urea groups is 1. The van der Waals surface area contributed by atoms with Crippen molar-refractivity contribution in [2.75, 3.05) is 18.5 Å². The van der Waals surface area contributed by atoms with E-state index in [0.717, 1.165) is 0 Å². The number of carboxylic acids is 1. The van der Waals surface area contributed by atoms with Gasteiger partial charge in [0.25, 0.3) is 0 Å². The van der Waals surface area contributed by atoms with Crippen LogP contribution in [0.15, 0.2) is 18.3 Å². The Hall–Kier alpha value is -2.82. The summed E-state index contributed by atoms with van der Waals surface area (Å²) in [4.78, 5) is 26.0. The highest BCUT2D eigenvalue weighted by atomic mass is 16.5. The van der Waals surface area contributed by atoms with E-state index in [2.05, 4.69) is 15.6 Å². The number of hydrogen-bond donors (Lipinski definition) is 3. The van der Waals surface area contributed by atoms with Gasteiger partial charge in [-0.1, -0.05) is 0 Å². The highest BCUT2D eigenvalue weighted by Gasteiger charge is 2.08. The third kappa shape index (κ3) is 7.09. The smallest absolute Gasteiger partial charge is 0.320 e. The Morgan fingerprint density at radius 2 is 2.23 bits per heavy atom. The number of carbonyl (C=O) groups excluding carboxylic acids is 1. The molecule has 0 atom stereocenters. The number of aliphatic carboxylic acids is 1. The van der Waals surface area contributed by atoms with Crippen molar-refractivity contribution in [1.29, 1.82) is 5.26 Å². The van der Waals surface area contributed by atoms with Crippen LogP contribution in [-0.2, 0) is 4.79 Å². The molecule has 22 heavy (non-hydrogen) atoms. The number of nitriles is 1. The molecule has 1 aromatic rings. The molecule has 2 amide bonds. The minimum absolute atomic E-state index is 0.00286. The summed E-state index contributed by atoms with van der Waals surface area (Å²) in [5.41, 5.74) is 0. The number of nitrogens with zero attached hydrogens (tertiary/aromatic N) is 2. The summed E-state index contributed by atoms with van der Waals surface area (Å²) in [6.45, 7) is 0.609. The molecule has 3 N–H and O–H groups in total. The first-order chi connectivity index (χ1) is 10.6. The molecule has 0 aliphatic rings. The van der Waals surface area contributed by atoms with Gasteiger partial charge in [0, 0.05) is 25.6 Å². The van der Waals surface area contributed by atoms with Crippen molar-refractivity contribution >= 4 is 17.8 Å². The van der Waals surface area contributed by atoms with Crippen molar-refractivity contribution in [1.82, 2.24) is 10.3 Å². The number of hydrogen-bond acceptors (Lipinski definition) is 5. The van der Waals surface area contributed by atoms with Crippen LogP contribution in [0.2, 0.25) is 0 Å². The quantitative estimate of drug-likeness (QED) is 0.597. The Bertz CT molecular complexity index is 542. The van der Waals surface area contributed by atoms with Gasteiger partial charge >= 0.3 is 12.0 Å². The molecule has 0 saturated heterocycles. The maximum Gasteiger partial charge on any atom is 0.320 e. The molecule has 1 aromatic heterocycles. The normalized spacial score (nSPS) is 9.59. The van der Waals surface area contributed by atoms with Gasteiger partial charge in [0.15, 0.2) is 11.6 Å². The van der Waals surface area contributed by atoms with Crippen LogP contribution in [0.25, 0.3) is 0 Å². The predicted octanol–water partition coefficient (Wildman–Crippen LogP) is 1.75. The Morgan fingerprint density at radius 1 is 1.41 bits per heavy atom. The van der Waals surface area contributed by atoms with E-state index in [4.69, 9.17) is 15.1 Å². The number of rotatable bonds is 9. The second-order valence-electron chi connectivity index (χ2n) is 4.34. The van der Waals surface area contributed by atoms with Crippen molar-refractivity contribution in [3.05, 3.63) is 18.3 Å². The van der Waals surface area contributed by atoms with Crippen LogP contribution in [0.5, 0.6) is 5.75 Å². The topological polar surface area (TPSA) is 124 Å². The Balaban J connectivity index is 2.42. The van der Waals surface area contributed by atoms with Crippen molar-refractivity contribution in [2.24, 2.45) is 0 Å². The molecule has 8 nitrogen and oxygen atoms in total. The zero-order chi connectivity index (χ0) is 16.2. The van der Waals surface area contributed by atoms with Gasteiger partial charge in [0.05, 0.1) is 12.7 Å². The molecule has 0 radical (unpaired) electrons. The number of carboxylic acid groups (broad SMARTS) is 1. The van der Waals surface area contributed by atoms with E-state index in [1.165, 1.54) is 6.20 Å². The zero-order valence-corrected chi connectivity index (χ0v) is 12.0. The molecular formula is C14H18N4O4. The Morgan fingerprint density at radius 3 is 2.95 bits per heavy atom. The predicted molar refractivity (Wildman–Crippen MR) is 78.5 cm³/mol. The number of pyridine rings is 1. The van der Waals surface area contributed by atoms with E-state index >= 15 is 0 Å². The van der Waals surface area contributed by atoms with Crippen LogP contribution in [-0.4, -0.2) is 35.2 Å². The molecule has 118 valence electrons. The number of aromatic nitrogens is 1. The maximum atomic E-state index is 11.7. The van der Waals surface area contributed by atoms with Gasteiger partial charge in [-0.2, -0.15) is 5.26 Å². The second kappa shape index (κ2) is 9.99. The molecule has 0 bridgehead atoms.